The van der Waals surface area contributed by atoms with Crippen molar-refractivity contribution in [1.29, 1.82) is 5.41 Å². The van der Waals surface area contributed by atoms with Crippen molar-refractivity contribution < 1.29 is 18.6 Å². The maximum absolute atomic E-state index is 11.8. The molecule has 26 heavy (non-hydrogen) atoms. The SMILES string of the molecule is N=C1C(c2nc(-c3ccccc3)cs2)=C(O)CN1C1CS(=O)(=O)CC1O. The molecule has 1 aromatic carbocycles. The van der Waals surface area contributed by atoms with E-state index in [-0.39, 0.29) is 29.6 Å². The Kier molecular flexibility index (Phi) is 4.09. The van der Waals surface area contributed by atoms with Crippen molar-refractivity contribution in [3.8, 4) is 11.3 Å². The van der Waals surface area contributed by atoms with Crippen LogP contribution in [0.2, 0.25) is 0 Å². The number of nitrogens with zero attached hydrogens (tertiary/aromatic N) is 2. The van der Waals surface area contributed by atoms with Crippen LogP contribution in [-0.2, 0) is 9.84 Å². The van der Waals surface area contributed by atoms with E-state index in [0.29, 0.717) is 10.6 Å². The van der Waals surface area contributed by atoms with Crippen LogP contribution in [0.3, 0.4) is 0 Å². The molecule has 1 saturated heterocycles. The van der Waals surface area contributed by atoms with Crippen LogP contribution in [-0.4, -0.2) is 64.5 Å². The van der Waals surface area contributed by atoms with Crippen molar-refractivity contribution in [3.05, 3.63) is 46.5 Å². The number of thiazole rings is 1. The Morgan fingerprint density at radius 3 is 2.62 bits per heavy atom. The average Bonchev–Trinajstić information content (AvgIpc) is 3.25. The van der Waals surface area contributed by atoms with E-state index in [1.54, 1.807) is 0 Å². The lowest BCUT2D eigenvalue weighted by molar-refractivity contribution is 0.124. The normalized spacial score (nSPS) is 25.3. The summed E-state index contributed by atoms with van der Waals surface area (Å²) in [4.78, 5) is 5.97. The second-order valence-electron chi connectivity index (χ2n) is 6.41. The fourth-order valence-corrected chi connectivity index (χ4v) is 6.04. The van der Waals surface area contributed by atoms with Crippen LogP contribution < -0.4 is 0 Å². The van der Waals surface area contributed by atoms with E-state index in [4.69, 9.17) is 5.41 Å². The fraction of sp³-hybridized carbons (Fsp3) is 0.294. The highest BCUT2D eigenvalue weighted by Gasteiger charge is 2.44. The Bertz CT molecular complexity index is 998. The summed E-state index contributed by atoms with van der Waals surface area (Å²) < 4.78 is 23.5. The fourth-order valence-electron chi connectivity index (χ4n) is 3.35. The maximum atomic E-state index is 11.8. The van der Waals surface area contributed by atoms with Crippen molar-refractivity contribution in [2.45, 2.75) is 12.1 Å². The van der Waals surface area contributed by atoms with Crippen LogP contribution in [0.25, 0.3) is 16.8 Å². The monoisotopic (exact) mass is 391 g/mol. The summed E-state index contributed by atoms with van der Waals surface area (Å²) >= 11 is 1.32. The van der Waals surface area contributed by atoms with Crippen LogP contribution in [0.4, 0.5) is 0 Å². The van der Waals surface area contributed by atoms with Crippen molar-refractivity contribution in [2.24, 2.45) is 0 Å². The molecule has 2 atom stereocenters. The van der Waals surface area contributed by atoms with Crippen molar-refractivity contribution in [1.82, 2.24) is 9.88 Å². The summed E-state index contributed by atoms with van der Waals surface area (Å²) in [6, 6.07) is 8.87. The molecule has 0 spiro atoms. The van der Waals surface area contributed by atoms with Crippen LogP contribution in [0.1, 0.15) is 5.01 Å². The van der Waals surface area contributed by atoms with E-state index in [1.807, 2.05) is 35.7 Å². The minimum atomic E-state index is -3.34. The van der Waals surface area contributed by atoms with E-state index in [9.17, 15) is 18.6 Å². The minimum absolute atomic E-state index is 0.00221. The first-order valence-corrected chi connectivity index (χ1v) is 10.7. The summed E-state index contributed by atoms with van der Waals surface area (Å²) in [6.45, 7) is 0.00562. The van der Waals surface area contributed by atoms with Gasteiger partial charge in [0.05, 0.1) is 41.5 Å². The van der Waals surface area contributed by atoms with Gasteiger partial charge < -0.3 is 15.1 Å². The summed E-state index contributed by atoms with van der Waals surface area (Å²) in [7, 11) is -3.34. The van der Waals surface area contributed by atoms with Crippen LogP contribution in [0.15, 0.2) is 41.5 Å². The van der Waals surface area contributed by atoms with Crippen molar-refractivity contribution >= 4 is 32.6 Å². The molecular formula is C17H17N3O4S2. The molecule has 7 nitrogen and oxygen atoms in total. The lowest BCUT2D eigenvalue weighted by Gasteiger charge is -2.27. The topological polar surface area (TPSA) is 115 Å². The zero-order chi connectivity index (χ0) is 18.5. The van der Waals surface area contributed by atoms with Gasteiger partial charge in [-0.1, -0.05) is 30.3 Å². The predicted octanol–water partition coefficient (Wildman–Crippen LogP) is 1.53. The number of aromatic nitrogens is 1. The van der Waals surface area contributed by atoms with Gasteiger partial charge in [0.2, 0.25) is 0 Å². The first-order chi connectivity index (χ1) is 12.4. The van der Waals surface area contributed by atoms with Crippen LogP contribution >= 0.6 is 11.3 Å². The number of benzene rings is 1. The summed E-state index contributed by atoms with van der Waals surface area (Å²) in [5.41, 5.74) is 1.99. The van der Waals surface area contributed by atoms with E-state index >= 15 is 0 Å². The Morgan fingerprint density at radius 1 is 1.23 bits per heavy atom. The third kappa shape index (κ3) is 2.91. The largest absolute Gasteiger partial charge is 0.510 e. The van der Waals surface area contributed by atoms with Crippen LogP contribution in [0, 0.1) is 5.41 Å². The molecule has 2 aliphatic rings. The number of aliphatic hydroxyl groups is 2. The van der Waals surface area contributed by atoms with E-state index < -0.39 is 22.0 Å². The summed E-state index contributed by atoms with van der Waals surface area (Å²) in [5.74, 6) is -0.560. The molecule has 2 aliphatic heterocycles. The number of sulfone groups is 1. The molecule has 3 heterocycles. The third-order valence-corrected chi connectivity index (χ3v) is 7.17. The van der Waals surface area contributed by atoms with Gasteiger partial charge in [0.1, 0.15) is 16.6 Å². The Labute approximate surface area is 154 Å². The number of aliphatic hydroxyl groups excluding tert-OH is 2. The Morgan fingerprint density at radius 2 is 1.96 bits per heavy atom. The maximum Gasteiger partial charge on any atom is 0.155 e. The quantitative estimate of drug-likeness (QED) is 0.731. The zero-order valence-electron chi connectivity index (χ0n) is 13.7. The molecule has 0 aliphatic carbocycles. The Hall–Kier alpha value is -2.23. The van der Waals surface area contributed by atoms with Gasteiger partial charge in [-0.2, -0.15) is 0 Å². The highest BCUT2D eigenvalue weighted by Crippen LogP contribution is 2.34. The first-order valence-electron chi connectivity index (χ1n) is 8.03. The van der Waals surface area contributed by atoms with Crippen LogP contribution in [0.5, 0.6) is 0 Å². The van der Waals surface area contributed by atoms with Crippen molar-refractivity contribution in [3.63, 3.8) is 0 Å². The van der Waals surface area contributed by atoms with Gasteiger partial charge in [0.25, 0.3) is 0 Å². The molecule has 3 N–H and O–H groups in total. The molecule has 4 rings (SSSR count). The highest BCUT2D eigenvalue weighted by atomic mass is 32.2. The summed E-state index contributed by atoms with van der Waals surface area (Å²) in [5, 5.41) is 31.2. The van der Waals surface area contributed by atoms with Gasteiger partial charge in [-0.25, -0.2) is 13.4 Å². The van der Waals surface area contributed by atoms with Crippen molar-refractivity contribution in [2.75, 3.05) is 18.1 Å². The first kappa shape index (κ1) is 17.2. The predicted molar refractivity (Wildman–Crippen MR) is 100.0 cm³/mol. The lowest BCUT2D eigenvalue weighted by Crippen LogP contribution is -2.44. The Balaban J connectivity index is 1.61. The standard InChI is InChI=1S/C17H17N3O4S2/c18-16-15(17-19-11(7-25-17)10-4-2-1-3-5-10)13(21)6-20(16)12-8-26(23,24)9-14(12)22/h1-5,7,12,14,18,21-22H,6,8-9H2. The van der Waals surface area contributed by atoms with Gasteiger partial charge in [-0.3, -0.25) is 5.41 Å². The number of hydrogen-bond donors (Lipinski definition) is 3. The highest BCUT2D eigenvalue weighted by molar-refractivity contribution is 7.91. The second kappa shape index (κ2) is 6.19. The molecule has 2 aromatic rings. The van der Waals surface area contributed by atoms with Gasteiger partial charge in [-0.05, 0) is 0 Å². The number of rotatable bonds is 3. The number of amidine groups is 1. The molecule has 1 fully saturated rings. The molecule has 9 heteroatoms. The molecule has 0 saturated carbocycles. The zero-order valence-corrected chi connectivity index (χ0v) is 15.3. The lowest BCUT2D eigenvalue weighted by atomic mass is 10.1. The molecule has 1 aromatic heterocycles. The molecule has 0 amide bonds. The third-order valence-electron chi connectivity index (χ3n) is 4.61. The van der Waals surface area contributed by atoms with E-state index in [2.05, 4.69) is 4.98 Å². The van der Waals surface area contributed by atoms with E-state index in [1.165, 1.54) is 16.2 Å². The summed E-state index contributed by atoms with van der Waals surface area (Å²) in [6.07, 6.45) is -1.07. The minimum Gasteiger partial charge on any atom is -0.510 e. The molecule has 136 valence electrons. The van der Waals surface area contributed by atoms with Gasteiger partial charge in [0, 0.05) is 10.9 Å². The second-order valence-corrected chi connectivity index (χ2v) is 9.43. The molecule has 0 radical (unpaired) electrons. The van der Waals surface area contributed by atoms with Gasteiger partial charge in [-0.15, -0.1) is 11.3 Å². The molecule has 0 bridgehead atoms. The van der Waals surface area contributed by atoms with Gasteiger partial charge >= 0.3 is 0 Å². The van der Waals surface area contributed by atoms with Gasteiger partial charge in [0.15, 0.2) is 9.84 Å². The molecule has 2 unspecified atom stereocenters. The van der Waals surface area contributed by atoms with E-state index in [0.717, 1.165) is 11.3 Å². The number of nitrogens with one attached hydrogen (secondary N) is 1. The number of hydrogen-bond acceptors (Lipinski definition) is 7. The average molecular weight is 391 g/mol. The molecular weight excluding hydrogens is 374 g/mol. The smallest absolute Gasteiger partial charge is 0.155 e.